The van der Waals surface area contributed by atoms with Crippen molar-refractivity contribution in [2.24, 2.45) is 5.92 Å². The molecule has 1 aliphatic heterocycles. The van der Waals surface area contributed by atoms with Gasteiger partial charge in [0.1, 0.15) is 5.82 Å². The summed E-state index contributed by atoms with van der Waals surface area (Å²) < 4.78 is 28.3. The van der Waals surface area contributed by atoms with E-state index in [0.29, 0.717) is 17.3 Å². The zero-order chi connectivity index (χ0) is 22.6. The molecule has 0 radical (unpaired) electrons. The Morgan fingerprint density at radius 3 is 2.42 bits per heavy atom. The summed E-state index contributed by atoms with van der Waals surface area (Å²) in [5, 5.41) is 3.27. The maximum absolute atomic E-state index is 12.9. The van der Waals surface area contributed by atoms with Gasteiger partial charge in [-0.1, -0.05) is 26.0 Å². The zero-order valence-corrected chi connectivity index (χ0v) is 19.4. The van der Waals surface area contributed by atoms with E-state index in [9.17, 15) is 13.2 Å². The van der Waals surface area contributed by atoms with Gasteiger partial charge in [-0.05, 0) is 36.1 Å². The van der Waals surface area contributed by atoms with Gasteiger partial charge in [0.05, 0.1) is 22.3 Å². The first-order chi connectivity index (χ1) is 14.7. The lowest BCUT2D eigenvalue weighted by Crippen LogP contribution is -2.44. The molecule has 1 saturated heterocycles. The number of anilines is 2. The van der Waals surface area contributed by atoms with Crippen LogP contribution >= 0.6 is 0 Å². The van der Waals surface area contributed by atoms with Gasteiger partial charge in [-0.3, -0.25) is 9.52 Å². The molecule has 0 spiro atoms. The molecular weight excluding hydrogens is 414 g/mol. The average Bonchev–Trinajstić information content (AvgIpc) is 2.73. The fourth-order valence-electron chi connectivity index (χ4n) is 3.53. The minimum Gasteiger partial charge on any atom is -0.353 e. The molecule has 0 aliphatic carbocycles. The average molecular weight is 446 g/mol. The lowest BCUT2D eigenvalue weighted by molar-refractivity contribution is 0.0827. The Bertz CT molecular complexity index is 1010. The van der Waals surface area contributed by atoms with Gasteiger partial charge in [-0.15, -0.1) is 0 Å². The largest absolute Gasteiger partial charge is 0.353 e. The molecule has 168 valence electrons. The summed E-state index contributed by atoms with van der Waals surface area (Å²) in [5.41, 5.74) is 1.73. The van der Waals surface area contributed by atoms with E-state index >= 15 is 0 Å². The van der Waals surface area contributed by atoms with E-state index in [1.165, 1.54) is 11.1 Å². The Kier molecular flexibility index (Phi) is 7.17. The highest BCUT2D eigenvalue weighted by molar-refractivity contribution is 7.92. The van der Waals surface area contributed by atoms with Crippen molar-refractivity contribution >= 4 is 27.4 Å². The van der Waals surface area contributed by atoms with Gasteiger partial charge < -0.3 is 15.1 Å². The molecule has 31 heavy (non-hydrogen) atoms. The Balaban J connectivity index is 1.88. The predicted molar refractivity (Wildman–Crippen MR) is 123 cm³/mol. The van der Waals surface area contributed by atoms with Gasteiger partial charge >= 0.3 is 0 Å². The van der Waals surface area contributed by atoms with Gasteiger partial charge in [-0.2, -0.15) is 0 Å². The third-order valence-electron chi connectivity index (χ3n) is 5.05. The molecule has 1 aromatic carbocycles. The van der Waals surface area contributed by atoms with E-state index in [2.05, 4.69) is 28.9 Å². The van der Waals surface area contributed by atoms with Gasteiger partial charge in [0.2, 0.25) is 0 Å². The summed E-state index contributed by atoms with van der Waals surface area (Å²) in [4.78, 5) is 20.9. The third kappa shape index (κ3) is 5.74. The molecule has 1 aliphatic rings. The third-order valence-corrected chi connectivity index (χ3v) is 6.45. The molecular formula is C22H31N5O3S. The molecule has 1 amide bonds. The first kappa shape index (κ1) is 23.0. The number of hydrogen-bond acceptors (Lipinski definition) is 6. The molecule has 0 unspecified atom stereocenters. The van der Waals surface area contributed by atoms with Crippen molar-refractivity contribution < 1.29 is 13.2 Å². The standard InChI is InChI=1S/C22H31N5O3S/c1-16(2)13-17-5-7-19(8-6-17)31(29,30)25-18-14-20(22(28)26(3)4)21(24-15-18)27-11-9-23-10-12-27/h5-8,14-16,23,25H,9-13H2,1-4H3. The first-order valence-corrected chi connectivity index (χ1v) is 11.9. The van der Waals surface area contributed by atoms with Crippen molar-refractivity contribution in [3.05, 3.63) is 47.7 Å². The highest BCUT2D eigenvalue weighted by Gasteiger charge is 2.23. The molecule has 1 aromatic heterocycles. The maximum atomic E-state index is 12.9. The number of rotatable bonds is 7. The minimum absolute atomic E-state index is 0.173. The molecule has 0 atom stereocenters. The fourth-order valence-corrected chi connectivity index (χ4v) is 4.56. The molecule has 0 bridgehead atoms. The number of aromatic nitrogens is 1. The number of amides is 1. The smallest absolute Gasteiger partial charge is 0.261 e. The van der Waals surface area contributed by atoms with Crippen LogP contribution < -0.4 is 14.9 Å². The lowest BCUT2D eigenvalue weighted by atomic mass is 10.0. The van der Waals surface area contributed by atoms with Crippen LogP contribution in [-0.2, 0) is 16.4 Å². The summed E-state index contributed by atoms with van der Waals surface area (Å²) in [6, 6.07) is 8.45. The van der Waals surface area contributed by atoms with Crippen molar-refractivity contribution in [1.29, 1.82) is 0 Å². The molecule has 0 saturated carbocycles. The Morgan fingerprint density at radius 1 is 1.19 bits per heavy atom. The molecule has 2 heterocycles. The van der Waals surface area contributed by atoms with Crippen molar-refractivity contribution in [3.8, 4) is 0 Å². The summed E-state index contributed by atoms with van der Waals surface area (Å²) in [6.45, 7) is 7.31. The van der Waals surface area contributed by atoms with Crippen molar-refractivity contribution in [2.45, 2.75) is 25.2 Å². The topological polar surface area (TPSA) is 94.6 Å². The van der Waals surface area contributed by atoms with Crippen LogP contribution in [0.4, 0.5) is 11.5 Å². The van der Waals surface area contributed by atoms with Crippen LogP contribution in [0.15, 0.2) is 41.4 Å². The Hall–Kier alpha value is -2.65. The second-order valence-corrected chi connectivity index (χ2v) is 10.1. The maximum Gasteiger partial charge on any atom is 0.261 e. The van der Waals surface area contributed by atoms with E-state index in [-0.39, 0.29) is 16.5 Å². The van der Waals surface area contributed by atoms with Gasteiger partial charge in [-0.25, -0.2) is 13.4 Å². The molecule has 2 aromatic rings. The number of nitrogens with one attached hydrogen (secondary N) is 2. The van der Waals surface area contributed by atoms with Crippen LogP contribution in [0.3, 0.4) is 0 Å². The Labute approximate surface area is 184 Å². The number of carbonyl (C=O) groups is 1. The normalized spacial score (nSPS) is 14.5. The predicted octanol–water partition coefficient (Wildman–Crippen LogP) is 2.19. The van der Waals surface area contributed by atoms with Crippen LogP contribution in [0.1, 0.15) is 29.8 Å². The van der Waals surface area contributed by atoms with Crippen molar-refractivity contribution in [3.63, 3.8) is 0 Å². The molecule has 2 N–H and O–H groups in total. The van der Waals surface area contributed by atoms with Crippen LogP contribution in [-0.4, -0.2) is 64.5 Å². The lowest BCUT2D eigenvalue weighted by Gasteiger charge is -2.30. The van der Waals surface area contributed by atoms with Crippen LogP contribution in [0.5, 0.6) is 0 Å². The number of hydrogen-bond donors (Lipinski definition) is 2. The highest BCUT2D eigenvalue weighted by Crippen LogP contribution is 2.25. The number of sulfonamides is 1. The fraction of sp³-hybridized carbons (Fsp3) is 0.455. The van der Waals surface area contributed by atoms with Gasteiger partial charge in [0.15, 0.2) is 0 Å². The van der Waals surface area contributed by atoms with Crippen molar-refractivity contribution in [2.75, 3.05) is 49.9 Å². The summed E-state index contributed by atoms with van der Waals surface area (Å²) in [6.07, 6.45) is 2.36. The van der Waals surface area contributed by atoms with E-state index in [4.69, 9.17) is 0 Å². The van der Waals surface area contributed by atoms with E-state index in [1.54, 1.807) is 32.3 Å². The highest BCUT2D eigenvalue weighted by atomic mass is 32.2. The van der Waals surface area contributed by atoms with Crippen LogP contribution in [0.25, 0.3) is 0 Å². The van der Waals surface area contributed by atoms with Crippen LogP contribution in [0.2, 0.25) is 0 Å². The van der Waals surface area contributed by atoms with E-state index in [1.807, 2.05) is 17.0 Å². The SMILES string of the molecule is CC(C)Cc1ccc(S(=O)(=O)Nc2cnc(N3CCNCC3)c(C(=O)N(C)C)c2)cc1. The number of pyridine rings is 1. The zero-order valence-electron chi connectivity index (χ0n) is 18.6. The first-order valence-electron chi connectivity index (χ1n) is 10.5. The summed E-state index contributed by atoms with van der Waals surface area (Å²) in [7, 11) is -0.465. The summed E-state index contributed by atoms with van der Waals surface area (Å²) in [5.74, 6) is 0.842. The minimum atomic E-state index is -3.80. The van der Waals surface area contributed by atoms with Gasteiger partial charge in [0, 0.05) is 40.3 Å². The number of carbonyl (C=O) groups excluding carboxylic acids is 1. The second-order valence-electron chi connectivity index (χ2n) is 8.38. The molecule has 1 fully saturated rings. The van der Waals surface area contributed by atoms with Crippen molar-refractivity contribution in [1.82, 2.24) is 15.2 Å². The molecule has 3 rings (SSSR count). The quantitative estimate of drug-likeness (QED) is 0.679. The van der Waals surface area contributed by atoms with Crippen LogP contribution in [0, 0.1) is 5.92 Å². The second kappa shape index (κ2) is 9.65. The van der Waals surface area contributed by atoms with Gasteiger partial charge in [0.25, 0.3) is 15.9 Å². The number of benzene rings is 1. The molecule has 9 heteroatoms. The summed E-state index contributed by atoms with van der Waals surface area (Å²) >= 11 is 0. The Morgan fingerprint density at radius 2 is 1.84 bits per heavy atom. The molecule has 8 nitrogen and oxygen atoms in total. The number of nitrogens with zero attached hydrogens (tertiary/aromatic N) is 3. The van der Waals surface area contributed by atoms with E-state index in [0.717, 1.165) is 38.2 Å². The number of piperazine rings is 1. The monoisotopic (exact) mass is 445 g/mol. The van der Waals surface area contributed by atoms with E-state index < -0.39 is 10.0 Å².